The van der Waals surface area contributed by atoms with E-state index < -0.39 is 0 Å². The number of ether oxygens (including phenoxy) is 1. The summed E-state index contributed by atoms with van der Waals surface area (Å²) in [7, 11) is 1.55. The Kier molecular flexibility index (Phi) is 5.16. The molecule has 1 heterocycles. The Hall–Kier alpha value is -3.36. The van der Waals surface area contributed by atoms with Gasteiger partial charge in [0.2, 0.25) is 0 Å². The van der Waals surface area contributed by atoms with Gasteiger partial charge in [0.15, 0.2) is 0 Å². The molecule has 0 aliphatic carbocycles. The van der Waals surface area contributed by atoms with Crippen molar-refractivity contribution in [3.63, 3.8) is 0 Å². The van der Waals surface area contributed by atoms with Crippen molar-refractivity contribution >= 4 is 23.2 Å². The fourth-order valence-electron chi connectivity index (χ4n) is 2.35. The number of methoxy groups -OCH3 is 1. The molecule has 0 unspecified atom stereocenters. The largest absolute Gasteiger partial charge is 0.496 e. The van der Waals surface area contributed by atoms with Gasteiger partial charge in [0.1, 0.15) is 5.75 Å². The number of carbonyl (C=O) groups is 1. The zero-order valence-electron chi connectivity index (χ0n) is 13.8. The lowest BCUT2D eigenvalue weighted by atomic mass is 10.1. The van der Waals surface area contributed by atoms with Gasteiger partial charge in [-0.1, -0.05) is 11.6 Å². The number of halogens is 1. The van der Waals surface area contributed by atoms with Gasteiger partial charge < -0.3 is 10.1 Å². The quantitative estimate of drug-likeness (QED) is 0.749. The first-order valence-corrected chi connectivity index (χ1v) is 8.01. The zero-order valence-corrected chi connectivity index (χ0v) is 14.5. The van der Waals surface area contributed by atoms with Crippen LogP contribution in [0, 0.1) is 17.4 Å². The molecule has 26 heavy (non-hydrogen) atoms. The summed E-state index contributed by atoms with van der Waals surface area (Å²) in [5, 5.41) is 12.1. The van der Waals surface area contributed by atoms with Crippen LogP contribution in [0.5, 0.6) is 5.75 Å². The number of hydrogen-bond donors (Lipinski definition) is 1. The Morgan fingerprint density at radius 3 is 2.65 bits per heavy atom. The number of hydrogen-bond acceptors (Lipinski definition) is 4. The number of anilines is 1. The molecule has 1 N–H and O–H groups in total. The van der Waals surface area contributed by atoms with Crippen LogP contribution in [0.25, 0.3) is 11.3 Å². The standard InChI is InChI=1S/C20H13ClN3O2/c1-26-19-9-7-16(10-17(19)18-8-6-15(21)12-23-18)24-20(25)14-4-2-13(11-22)3-5-14/h2-6,8-10,12H,1H3,(H,24,25). The van der Waals surface area contributed by atoms with Crippen LogP contribution in [-0.4, -0.2) is 18.0 Å². The second-order valence-electron chi connectivity index (χ2n) is 5.33. The Morgan fingerprint density at radius 1 is 1.27 bits per heavy atom. The maximum Gasteiger partial charge on any atom is 0.255 e. The molecule has 0 aliphatic rings. The molecule has 2 aromatic carbocycles. The second-order valence-corrected chi connectivity index (χ2v) is 5.77. The highest BCUT2D eigenvalue weighted by Gasteiger charge is 2.12. The third-order valence-corrected chi connectivity index (χ3v) is 3.88. The normalized spacial score (nSPS) is 10.0. The van der Waals surface area contributed by atoms with E-state index in [-0.39, 0.29) is 5.91 Å². The number of pyridine rings is 1. The van der Waals surface area contributed by atoms with E-state index in [1.54, 1.807) is 61.8 Å². The van der Waals surface area contributed by atoms with E-state index in [2.05, 4.69) is 16.4 Å². The highest BCUT2D eigenvalue weighted by molar-refractivity contribution is 6.30. The molecule has 0 spiro atoms. The highest BCUT2D eigenvalue weighted by atomic mass is 35.5. The van der Waals surface area contributed by atoms with Gasteiger partial charge in [-0.3, -0.25) is 9.78 Å². The first-order chi connectivity index (χ1) is 12.6. The van der Waals surface area contributed by atoms with Gasteiger partial charge in [0, 0.05) is 29.1 Å². The summed E-state index contributed by atoms with van der Waals surface area (Å²) in [6, 6.07) is 18.2. The minimum atomic E-state index is -0.300. The van der Waals surface area contributed by atoms with E-state index >= 15 is 0 Å². The Morgan fingerprint density at radius 2 is 2.04 bits per heavy atom. The molecule has 0 fully saturated rings. The molecule has 0 atom stereocenters. The molecule has 0 saturated carbocycles. The number of amides is 1. The third-order valence-electron chi connectivity index (χ3n) is 3.66. The lowest BCUT2D eigenvalue weighted by Gasteiger charge is -2.11. The van der Waals surface area contributed by atoms with Crippen LogP contribution in [-0.2, 0) is 0 Å². The summed E-state index contributed by atoms with van der Waals surface area (Å²) >= 11 is 5.89. The molecule has 3 aromatic rings. The van der Waals surface area contributed by atoms with Gasteiger partial charge in [-0.2, -0.15) is 5.26 Å². The first kappa shape index (κ1) is 17.5. The molecule has 1 aromatic heterocycles. The maximum atomic E-state index is 12.4. The zero-order chi connectivity index (χ0) is 18.5. The van der Waals surface area contributed by atoms with Crippen LogP contribution < -0.4 is 10.1 Å². The first-order valence-electron chi connectivity index (χ1n) is 7.64. The lowest BCUT2D eigenvalue weighted by Crippen LogP contribution is -2.12. The number of nitrogens with zero attached hydrogens (tertiary/aromatic N) is 2. The molecule has 6 heteroatoms. The van der Waals surface area contributed by atoms with Crippen LogP contribution in [0.4, 0.5) is 5.69 Å². The molecule has 0 bridgehead atoms. The predicted molar refractivity (Wildman–Crippen MR) is 99.2 cm³/mol. The molecule has 3 rings (SSSR count). The predicted octanol–water partition coefficient (Wildman–Crippen LogP) is 4.33. The van der Waals surface area contributed by atoms with Gasteiger partial charge in [-0.25, -0.2) is 0 Å². The molecule has 5 nitrogen and oxygen atoms in total. The van der Waals surface area contributed by atoms with Gasteiger partial charge in [-0.05, 0) is 48.5 Å². The smallest absolute Gasteiger partial charge is 0.255 e. The van der Waals surface area contributed by atoms with Crippen molar-refractivity contribution in [3.8, 4) is 23.1 Å². The van der Waals surface area contributed by atoms with E-state index in [0.717, 1.165) is 0 Å². The molecule has 127 valence electrons. The average Bonchev–Trinajstić information content (AvgIpc) is 2.68. The van der Waals surface area contributed by atoms with Crippen LogP contribution in [0.1, 0.15) is 15.9 Å². The van der Waals surface area contributed by atoms with Crippen molar-refractivity contribution in [2.45, 2.75) is 0 Å². The van der Waals surface area contributed by atoms with Crippen LogP contribution in [0.15, 0.2) is 54.7 Å². The van der Waals surface area contributed by atoms with Crippen molar-refractivity contribution in [2.24, 2.45) is 0 Å². The third kappa shape index (κ3) is 3.82. The van der Waals surface area contributed by atoms with Gasteiger partial charge in [0.05, 0.1) is 29.5 Å². The van der Waals surface area contributed by atoms with Gasteiger partial charge >= 0.3 is 0 Å². The summed E-state index contributed by atoms with van der Waals surface area (Å²) in [4.78, 5) is 16.7. The monoisotopic (exact) mass is 362 g/mol. The number of rotatable bonds is 4. The van der Waals surface area contributed by atoms with Crippen molar-refractivity contribution in [1.29, 1.82) is 5.26 Å². The summed E-state index contributed by atoms with van der Waals surface area (Å²) in [6.07, 6.45) is 1.54. The molecular weight excluding hydrogens is 350 g/mol. The van der Waals surface area contributed by atoms with Crippen molar-refractivity contribution in [1.82, 2.24) is 4.98 Å². The number of aromatic nitrogens is 1. The van der Waals surface area contributed by atoms with E-state index in [0.29, 0.717) is 38.8 Å². The SMILES string of the molecule is COc1c[c]c(NC(=O)c2ccc(C#N)cc2)cc1-c1ccc(Cl)cn1. The van der Waals surface area contributed by atoms with Crippen molar-refractivity contribution < 1.29 is 9.53 Å². The average molecular weight is 363 g/mol. The van der Waals surface area contributed by atoms with E-state index in [4.69, 9.17) is 21.6 Å². The number of nitriles is 1. The highest BCUT2D eigenvalue weighted by Crippen LogP contribution is 2.31. The topological polar surface area (TPSA) is 75.0 Å². The van der Waals surface area contributed by atoms with Gasteiger partial charge in [-0.15, -0.1) is 0 Å². The fraction of sp³-hybridized carbons (Fsp3) is 0.0500. The number of benzene rings is 2. The summed E-state index contributed by atoms with van der Waals surface area (Å²) in [6.45, 7) is 0. The summed E-state index contributed by atoms with van der Waals surface area (Å²) < 4.78 is 5.35. The summed E-state index contributed by atoms with van der Waals surface area (Å²) in [5.74, 6) is 0.280. The van der Waals surface area contributed by atoms with E-state index in [1.807, 2.05) is 6.07 Å². The Bertz CT molecular complexity index is 977. The molecule has 0 saturated heterocycles. The summed E-state index contributed by atoms with van der Waals surface area (Å²) in [5.41, 5.74) is 2.78. The lowest BCUT2D eigenvalue weighted by molar-refractivity contribution is 0.102. The van der Waals surface area contributed by atoms with Crippen molar-refractivity contribution in [2.75, 3.05) is 12.4 Å². The number of nitrogens with one attached hydrogen (secondary N) is 1. The van der Waals surface area contributed by atoms with Gasteiger partial charge in [0.25, 0.3) is 5.91 Å². The van der Waals surface area contributed by atoms with E-state index in [9.17, 15) is 4.79 Å². The van der Waals surface area contributed by atoms with Crippen molar-refractivity contribution in [3.05, 3.63) is 76.9 Å². The molecular formula is C20H13ClN3O2. The van der Waals surface area contributed by atoms with Crippen LogP contribution in [0.3, 0.4) is 0 Å². The second kappa shape index (κ2) is 7.68. The Labute approximate surface area is 155 Å². The molecule has 0 aliphatic heterocycles. The number of carbonyl (C=O) groups excluding carboxylic acids is 1. The van der Waals surface area contributed by atoms with Crippen LogP contribution in [0.2, 0.25) is 5.02 Å². The van der Waals surface area contributed by atoms with E-state index in [1.165, 1.54) is 0 Å². The van der Waals surface area contributed by atoms with Crippen LogP contribution >= 0.6 is 11.6 Å². The molecule has 1 amide bonds. The maximum absolute atomic E-state index is 12.4. The minimum Gasteiger partial charge on any atom is -0.496 e. The molecule has 1 radical (unpaired) electrons. The minimum absolute atomic E-state index is 0.300. The Balaban J connectivity index is 1.88. The fourth-order valence-corrected chi connectivity index (χ4v) is 2.46.